The summed E-state index contributed by atoms with van der Waals surface area (Å²) in [5.74, 6) is -0.835. The van der Waals surface area contributed by atoms with Gasteiger partial charge in [-0.15, -0.1) is 0 Å². The van der Waals surface area contributed by atoms with Gasteiger partial charge in [0, 0.05) is 19.6 Å². The fourth-order valence-electron chi connectivity index (χ4n) is 4.00. The van der Waals surface area contributed by atoms with Gasteiger partial charge in [-0.25, -0.2) is 4.79 Å². The zero-order valence-electron chi connectivity index (χ0n) is 12.7. The topological polar surface area (TPSA) is 40.5 Å². The number of carboxylic acids is 1. The average Bonchev–Trinajstić information content (AvgIpc) is 2.70. The first-order valence-electron chi connectivity index (χ1n) is 8.22. The molecule has 1 aromatic rings. The third kappa shape index (κ3) is 3.46. The van der Waals surface area contributed by atoms with Gasteiger partial charge in [-0.1, -0.05) is 37.8 Å². The van der Waals surface area contributed by atoms with E-state index in [0.717, 1.165) is 18.5 Å². The molecule has 0 bridgehead atoms. The van der Waals surface area contributed by atoms with Crippen molar-refractivity contribution in [2.75, 3.05) is 19.6 Å². The number of carbonyl (C=O) groups is 1. The second kappa shape index (κ2) is 6.18. The Balaban J connectivity index is 1.49. The lowest BCUT2D eigenvalue weighted by molar-refractivity contribution is -0.0106. The predicted octanol–water partition coefficient (Wildman–Crippen LogP) is 3.58. The molecule has 3 rings (SSSR count). The zero-order valence-corrected chi connectivity index (χ0v) is 12.7. The Morgan fingerprint density at radius 3 is 2.52 bits per heavy atom. The Kier molecular flexibility index (Phi) is 4.29. The molecule has 1 aromatic carbocycles. The van der Waals surface area contributed by atoms with Crippen molar-refractivity contribution in [1.82, 2.24) is 4.90 Å². The van der Waals surface area contributed by atoms with Crippen molar-refractivity contribution in [2.24, 2.45) is 5.41 Å². The van der Waals surface area contributed by atoms with Crippen molar-refractivity contribution in [3.8, 4) is 0 Å². The molecule has 1 saturated carbocycles. The standard InChI is InChI=1S/C18H25NO2/c20-17(21)16-7-5-6-15(12-16)8-11-19-13-18(14-19)9-3-1-2-4-10-18/h5-7,12H,1-4,8-11,13-14H2,(H,20,21). The highest BCUT2D eigenvalue weighted by Crippen LogP contribution is 2.42. The predicted molar refractivity (Wildman–Crippen MR) is 83.7 cm³/mol. The maximum atomic E-state index is 11.0. The van der Waals surface area contributed by atoms with Gasteiger partial charge in [0.05, 0.1) is 5.56 Å². The van der Waals surface area contributed by atoms with Crippen LogP contribution in [0.15, 0.2) is 24.3 Å². The van der Waals surface area contributed by atoms with Crippen molar-refractivity contribution < 1.29 is 9.90 Å². The first-order chi connectivity index (χ1) is 10.2. The van der Waals surface area contributed by atoms with E-state index in [0.29, 0.717) is 11.0 Å². The summed E-state index contributed by atoms with van der Waals surface area (Å²) < 4.78 is 0. The molecule has 3 heteroatoms. The van der Waals surface area contributed by atoms with Gasteiger partial charge in [0.1, 0.15) is 0 Å². The second-order valence-electron chi connectivity index (χ2n) is 6.88. The van der Waals surface area contributed by atoms with Gasteiger partial charge < -0.3 is 10.0 Å². The van der Waals surface area contributed by atoms with E-state index in [9.17, 15) is 4.79 Å². The van der Waals surface area contributed by atoms with Crippen LogP contribution in [0.3, 0.4) is 0 Å². The fourth-order valence-corrected chi connectivity index (χ4v) is 4.00. The fraction of sp³-hybridized carbons (Fsp3) is 0.611. The van der Waals surface area contributed by atoms with Crippen molar-refractivity contribution in [1.29, 1.82) is 0 Å². The van der Waals surface area contributed by atoms with E-state index in [2.05, 4.69) is 4.90 Å². The molecule has 1 aliphatic heterocycles. The molecule has 2 aliphatic rings. The lowest BCUT2D eigenvalue weighted by Crippen LogP contribution is -2.56. The molecule has 114 valence electrons. The molecule has 0 unspecified atom stereocenters. The molecule has 3 nitrogen and oxygen atoms in total. The third-order valence-electron chi connectivity index (χ3n) is 5.17. The molecule has 1 heterocycles. The summed E-state index contributed by atoms with van der Waals surface area (Å²) in [6.07, 6.45) is 9.45. The molecule has 0 aromatic heterocycles. The molecule has 21 heavy (non-hydrogen) atoms. The largest absolute Gasteiger partial charge is 0.478 e. The van der Waals surface area contributed by atoms with Crippen molar-refractivity contribution in [3.05, 3.63) is 35.4 Å². The summed E-state index contributed by atoms with van der Waals surface area (Å²) in [4.78, 5) is 13.5. The lowest BCUT2D eigenvalue weighted by Gasteiger charge is -2.50. The number of hydrogen-bond acceptors (Lipinski definition) is 2. The van der Waals surface area contributed by atoms with Crippen LogP contribution >= 0.6 is 0 Å². The van der Waals surface area contributed by atoms with Gasteiger partial charge in [-0.2, -0.15) is 0 Å². The molecule has 0 radical (unpaired) electrons. The van der Waals surface area contributed by atoms with E-state index in [4.69, 9.17) is 5.11 Å². The minimum absolute atomic E-state index is 0.399. The Morgan fingerprint density at radius 1 is 1.14 bits per heavy atom. The highest BCUT2D eigenvalue weighted by molar-refractivity contribution is 5.87. The van der Waals surface area contributed by atoms with Crippen molar-refractivity contribution in [3.63, 3.8) is 0 Å². The van der Waals surface area contributed by atoms with Gasteiger partial charge in [0.2, 0.25) is 0 Å². The number of likely N-dealkylation sites (tertiary alicyclic amines) is 1. The van der Waals surface area contributed by atoms with Crippen molar-refractivity contribution in [2.45, 2.75) is 44.9 Å². The number of carboxylic acid groups (broad SMARTS) is 1. The highest BCUT2D eigenvalue weighted by Gasteiger charge is 2.41. The van der Waals surface area contributed by atoms with Crippen LogP contribution in [0.25, 0.3) is 0 Å². The zero-order chi connectivity index (χ0) is 14.7. The Hall–Kier alpha value is -1.35. The highest BCUT2D eigenvalue weighted by atomic mass is 16.4. The van der Waals surface area contributed by atoms with E-state index < -0.39 is 5.97 Å². The molecule has 1 saturated heterocycles. The van der Waals surface area contributed by atoms with E-state index in [-0.39, 0.29) is 0 Å². The maximum Gasteiger partial charge on any atom is 0.335 e. The normalized spacial score (nSPS) is 21.7. The molecular weight excluding hydrogens is 262 g/mol. The van der Waals surface area contributed by atoms with Gasteiger partial charge in [0.15, 0.2) is 0 Å². The lowest BCUT2D eigenvalue weighted by atomic mass is 9.73. The van der Waals surface area contributed by atoms with E-state index in [1.54, 1.807) is 6.07 Å². The third-order valence-corrected chi connectivity index (χ3v) is 5.17. The quantitative estimate of drug-likeness (QED) is 0.920. The van der Waals surface area contributed by atoms with Crippen LogP contribution in [-0.2, 0) is 6.42 Å². The Labute approximate surface area is 127 Å². The molecule has 2 fully saturated rings. The summed E-state index contributed by atoms with van der Waals surface area (Å²) in [6, 6.07) is 7.36. The molecule has 1 N–H and O–H groups in total. The number of benzene rings is 1. The van der Waals surface area contributed by atoms with Crippen LogP contribution < -0.4 is 0 Å². The summed E-state index contributed by atoms with van der Waals surface area (Å²) in [5.41, 5.74) is 2.16. The van der Waals surface area contributed by atoms with E-state index in [1.165, 1.54) is 51.6 Å². The minimum atomic E-state index is -0.835. The van der Waals surface area contributed by atoms with E-state index in [1.807, 2.05) is 18.2 Å². The number of hydrogen-bond donors (Lipinski definition) is 1. The summed E-state index contributed by atoms with van der Waals surface area (Å²) in [5, 5.41) is 9.03. The SMILES string of the molecule is O=C(O)c1cccc(CCN2CC3(CCCCCC3)C2)c1. The van der Waals surface area contributed by atoms with Crippen LogP contribution in [-0.4, -0.2) is 35.6 Å². The average molecular weight is 287 g/mol. The van der Waals surface area contributed by atoms with Gasteiger partial charge in [0.25, 0.3) is 0 Å². The summed E-state index contributed by atoms with van der Waals surface area (Å²) in [6.45, 7) is 3.57. The Morgan fingerprint density at radius 2 is 1.86 bits per heavy atom. The maximum absolute atomic E-state index is 11.0. The van der Waals surface area contributed by atoms with Crippen LogP contribution in [0.1, 0.15) is 54.4 Å². The number of nitrogens with zero attached hydrogens (tertiary/aromatic N) is 1. The van der Waals surface area contributed by atoms with Gasteiger partial charge in [-0.3, -0.25) is 0 Å². The molecule has 0 atom stereocenters. The monoisotopic (exact) mass is 287 g/mol. The van der Waals surface area contributed by atoms with Gasteiger partial charge >= 0.3 is 5.97 Å². The van der Waals surface area contributed by atoms with Crippen LogP contribution in [0.4, 0.5) is 0 Å². The van der Waals surface area contributed by atoms with Crippen LogP contribution in [0, 0.1) is 5.41 Å². The molecule has 0 amide bonds. The second-order valence-corrected chi connectivity index (χ2v) is 6.88. The minimum Gasteiger partial charge on any atom is -0.478 e. The van der Waals surface area contributed by atoms with E-state index >= 15 is 0 Å². The smallest absolute Gasteiger partial charge is 0.335 e. The summed E-state index contributed by atoms with van der Waals surface area (Å²) >= 11 is 0. The van der Waals surface area contributed by atoms with Crippen LogP contribution in [0.2, 0.25) is 0 Å². The molecule has 1 spiro atoms. The van der Waals surface area contributed by atoms with Crippen LogP contribution in [0.5, 0.6) is 0 Å². The molecular formula is C18H25NO2. The first-order valence-corrected chi connectivity index (χ1v) is 8.22. The van der Waals surface area contributed by atoms with Crippen molar-refractivity contribution >= 4 is 5.97 Å². The first kappa shape index (κ1) is 14.6. The Bertz CT molecular complexity index is 496. The summed E-state index contributed by atoms with van der Waals surface area (Å²) in [7, 11) is 0. The number of rotatable bonds is 4. The number of aromatic carboxylic acids is 1. The molecule has 1 aliphatic carbocycles. The van der Waals surface area contributed by atoms with Gasteiger partial charge in [-0.05, 0) is 42.4 Å².